The van der Waals surface area contributed by atoms with Gasteiger partial charge in [0, 0.05) is 10.6 Å². The third kappa shape index (κ3) is 3.56. The van der Waals surface area contributed by atoms with Crippen LogP contribution in [0.3, 0.4) is 0 Å². The normalized spacial score (nSPS) is 13.7. The first-order valence-corrected chi connectivity index (χ1v) is 8.91. The van der Waals surface area contributed by atoms with E-state index in [0.717, 1.165) is 0 Å². The lowest BCUT2D eigenvalue weighted by Crippen LogP contribution is -2.30. The zero-order valence-corrected chi connectivity index (χ0v) is 15.7. The lowest BCUT2D eigenvalue weighted by Gasteiger charge is -2.10. The van der Waals surface area contributed by atoms with Crippen LogP contribution in [-0.4, -0.2) is 44.7 Å². The average Bonchev–Trinajstić information content (AvgIpc) is 3.28. The number of nitrogens with zero attached hydrogens (tertiary/aromatic N) is 4. The van der Waals surface area contributed by atoms with Crippen molar-refractivity contribution in [2.45, 2.75) is 0 Å². The second kappa shape index (κ2) is 7.21. The topological polar surface area (TPSA) is 80.1 Å². The van der Waals surface area contributed by atoms with Crippen LogP contribution in [0, 0.1) is 5.82 Å². The molecule has 0 bridgehead atoms. The number of halogens is 3. The maximum Gasteiger partial charge on any atom is 0.276 e. The van der Waals surface area contributed by atoms with Gasteiger partial charge in [0.05, 0.1) is 24.2 Å². The van der Waals surface area contributed by atoms with Gasteiger partial charge in [-0.1, -0.05) is 23.2 Å². The Hall–Kier alpha value is -2.97. The number of pyridine rings is 1. The standard InChI is InChI=1S/C18H12Cl2FN5O2/c19-11-3-10(4-12(21)5-11)15-6-14(18(28)25-8-17(27)23-9-25)24-26(15)13-1-2-16(20)22-7-13/h1-7H,8-9H2,(H,23,27). The first kappa shape index (κ1) is 18.4. The van der Waals surface area contributed by atoms with E-state index in [0.29, 0.717) is 22.1 Å². The predicted octanol–water partition coefficient (Wildman–Crippen LogP) is 2.91. The maximum atomic E-state index is 13.9. The Morgan fingerprint density at radius 1 is 1.18 bits per heavy atom. The van der Waals surface area contributed by atoms with Crippen LogP contribution in [0.1, 0.15) is 10.5 Å². The molecule has 1 N–H and O–H groups in total. The first-order valence-electron chi connectivity index (χ1n) is 8.15. The Morgan fingerprint density at radius 2 is 2.00 bits per heavy atom. The van der Waals surface area contributed by atoms with E-state index in [1.165, 1.54) is 34.0 Å². The summed E-state index contributed by atoms with van der Waals surface area (Å²) in [5.41, 5.74) is 1.49. The number of nitrogens with one attached hydrogen (secondary N) is 1. The van der Waals surface area contributed by atoms with Crippen LogP contribution in [-0.2, 0) is 4.79 Å². The van der Waals surface area contributed by atoms with Gasteiger partial charge >= 0.3 is 0 Å². The molecule has 7 nitrogen and oxygen atoms in total. The van der Waals surface area contributed by atoms with E-state index < -0.39 is 11.7 Å². The molecule has 0 atom stereocenters. The van der Waals surface area contributed by atoms with Crippen molar-refractivity contribution < 1.29 is 14.0 Å². The van der Waals surface area contributed by atoms with Crippen molar-refractivity contribution in [2.75, 3.05) is 13.2 Å². The van der Waals surface area contributed by atoms with Crippen molar-refractivity contribution in [2.24, 2.45) is 0 Å². The third-order valence-electron chi connectivity index (χ3n) is 4.13. The Labute approximate surface area is 168 Å². The summed E-state index contributed by atoms with van der Waals surface area (Å²) in [5.74, 6) is -1.19. The molecule has 0 saturated carbocycles. The zero-order chi connectivity index (χ0) is 19.8. The van der Waals surface area contributed by atoms with Crippen LogP contribution >= 0.6 is 23.2 Å². The number of carbonyl (C=O) groups is 2. The molecule has 1 aromatic carbocycles. The second-order valence-electron chi connectivity index (χ2n) is 6.09. The van der Waals surface area contributed by atoms with E-state index in [-0.39, 0.29) is 29.8 Å². The van der Waals surface area contributed by atoms with E-state index in [2.05, 4.69) is 15.4 Å². The largest absolute Gasteiger partial charge is 0.337 e. The van der Waals surface area contributed by atoms with Gasteiger partial charge in [-0.3, -0.25) is 9.59 Å². The third-order valence-corrected chi connectivity index (χ3v) is 4.57. The number of aromatic nitrogens is 3. The molecule has 10 heteroatoms. The van der Waals surface area contributed by atoms with Crippen LogP contribution in [0.5, 0.6) is 0 Å². The van der Waals surface area contributed by atoms with E-state index in [9.17, 15) is 14.0 Å². The molecule has 3 aromatic rings. The van der Waals surface area contributed by atoms with Crippen molar-refractivity contribution in [3.63, 3.8) is 0 Å². The van der Waals surface area contributed by atoms with Crippen molar-refractivity contribution in [3.8, 4) is 16.9 Å². The molecule has 0 aliphatic carbocycles. The zero-order valence-electron chi connectivity index (χ0n) is 14.2. The number of hydrogen-bond acceptors (Lipinski definition) is 4. The van der Waals surface area contributed by atoms with Crippen LogP contribution < -0.4 is 5.32 Å². The highest BCUT2D eigenvalue weighted by Crippen LogP contribution is 2.28. The summed E-state index contributed by atoms with van der Waals surface area (Å²) in [6.45, 7) is 0.0590. The van der Waals surface area contributed by atoms with Gasteiger partial charge in [0.1, 0.15) is 17.5 Å². The molecule has 1 aliphatic rings. The fourth-order valence-electron chi connectivity index (χ4n) is 2.86. The summed E-state index contributed by atoms with van der Waals surface area (Å²) in [7, 11) is 0. The van der Waals surface area contributed by atoms with Crippen LogP contribution in [0.15, 0.2) is 42.6 Å². The fraction of sp³-hybridized carbons (Fsp3) is 0.111. The minimum Gasteiger partial charge on any atom is -0.337 e. The van der Waals surface area contributed by atoms with Gasteiger partial charge in [0.25, 0.3) is 5.91 Å². The summed E-state index contributed by atoms with van der Waals surface area (Å²) < 4.78 is 15.3. The Kier molecular flexibility index (Phi) is 4.74. The molecular formula is C18H12Cl2FN5O2. The molecule has 0 spiro atoms. The number of carbonyl (C=O) groups excluding carboxylic acids is 2. The van der Waals surface area contributed by atoms with Gasteiger partial charge < -0.3 is 10.2 Å². The number of rotatable bonds is 3. The Bertz CT molecular complexity index is 1060. The summed E-state index contributed by atoms with van der Waals surface area (Å²) in [6, 6.07) is 8.80. The smallest absolute Gasteiger partial charge is 0.276 e. The highest BCUT2D eigenvalue weighted by atomic mass is 35.5. The fourth-order valence-corrected chi connectivity index (χ4v) is 3.19. The SMILES string of the molecule is O=C1CN(C(=O)c2cc(-c3cc(F)cc(Cl)c3)n(-c3ccc(Cl)nc3)n2)CN1. The predicted molar refractivity (Wildman–Crippen MR) is 101 cm³/mol. The van der Waals surface area contributed by atoms with Crippen molar-refractivity contribution in [1.29, 1.82) is 0 Å². The molecule has 1 saturated heterocycles. The lowest BCUT2D eigenvalue weighted by atomic mass is 10.1. The van der Waals surface area contributed by atoms with Crippen LogP contribution in [0.25, 0.3) is 16.9 Å². The summed E-state index contributed by atoms with van der Waals surface area (Å²) in [5, 5.41) is 7.42. The van der Waals surface area contributed by atoms with Gasteiger partial charge in [-0.2, -0.15) is 5.10 Å². The van der Waals surface area contributed by atoms with Gasteiger partial charge in [0.15, 0.2) is 5.69 Å². The number of benzene rings is 1. The summed E-state index contributed by atoms with van der Waals surface area (Å²) in [6.07, 6.45) is 1.48. The molecular weight excluding hydrogens is 408 g/mol. The van der Waals surface area contributed by atoms with E-state index in [1.54, 1.807) is 18.2 Å². The summed E-state index contributed by atoms with van der Waals surface area (Å²) >= 11 is 11.8. The highest BCUT2D eigenvalue weighted by molar-refractivity contribution is 6.30. The Morgan fingerprint density at radius 3 is 2.64 bits per heavy atom. The average molecular weight is 420 g/mol. The maximum absolute atomic E-state index is 13.9. The molecule has 1 aliphatic heterocycles. The van der Waals surface area contributed by atoms with Crippen LogP contribution in [0.2, 0.25) is 10.2 Å². The Balaban J connectivity index is 1.83. The van der Waals surface area contributed by atoms with E-state index >= 15 is 0 Å². The first-order chi connectivity index (χ1) is 13.4. The monoisotopic (exact) mass is 419 g/mol. The molecule has 2 aromatic heterocycles. The number of hydrogen-bond donors (Lipinski definition) is 1. The lowest BCUT2D eigenvalue weighted by molar-refractivity contribution is -0.118. The molecule has 0 radical (unpaired) electrons. The second-order valence-corrected chi connectivity index (χ2v) is 6.91. The molecule has 0 unspecified atom stereocenters. The minimum absolute atomic E-state index is 0.0463. The quantitative estimate of drug-likeness (QED) is 0.661. The molecule has 3 heterocycles. The number of amides is 2. The van der Waals surface area contributed by atoms with Gasteiger partial charge in [0.2, 0.25) is 5.91 Å². The minimum atomic E-state index is -0.522. The van der Waals surface area contributed by atoms with E-state index in [4.69, 9.17) is 23.2 Å². The molecule has 142 valence electrons. The molecule has 28 heavy (non-hydrogen) atoms. The molecule has 1 fully saturated rings. The van der Waals surface area contributed by atoms with Gasteiger partial charge in [-0.15, -0.1) is 0 Å². The van der Waals surface area contributed by atoms with Crippen molar-refractivity contribution in [3.05, 3.63) is 64.3 Å². The van der Waals surface area contributed by atoms with Crippen LogP contribution in [0.4, 0.5) is 4.39 Å². The van der Waals surface area contributed by atoms with Crippen molar-refractivity contribution >= 4 is 35.0 Å². The highest BCUT2D eigenvalue weighted by Gasteiger charge is 2.27. The van der Waals surface area contributed by atoms with Gasteiger partial charge in [-0.05, 0) is 36.4 Å². The summed E-state index contributed by atoms with van der Waals surface area (Å²) in [4.78, 5) is 29.5. The molecule has 4 rings (SSSR count). The van der Waals surface area contributed by atoms with E-state index in [1.807, 2.05) is 0 Å². The van der Waals surface area contributed by atoms with Gasteiger partial charge in [-0.25, -0.2) is 14.1 Å². The molecule has 2 amide bonds. The van der Waals surface area contributed by atoms with Crippen molar-refractivity contribution in [1.82, 2.24) is 25.0 Å².